The first-order valence-corrected chi connectivity index (χ1v) is 6.66. The molecule has 0 saturated carbocycles. The van der Waals surface area contributed by atoms with Gasteiger partial charge in [-0.05, 0) is 30.7 Å². The Morgan fingerprint density at radius 2 is 1.94 bits per heavy atom. The van der Waals surface area contributed by atoms with Crippen molar-refractivity contribution in [3.05, 3.63) is 29.8 Å². The van der Waals surface area contributed by atoms with Crippen LogP contribution in [-0.2, 0) is 12.8 Å². The second-order valence-corrected chi connectivity index (χ2v) is 4.72. The molecule has 0 bridgehead atoms. The first-order valence-electron chi connectivity index (χ1n) is 5.84. The molecule has 2 heterocycles. The number of rotatable bonds is 4. The molecule has 0 radical (unpaired) electrons. The number of hydrogen-bond donors (Lipinski definition) is 1. The van der Waals surface area contributed by atoms with Crippen LogP contribution in [0.4, 0.5) is 5.69 Å². The topological polar surface area (TPSA) is 77.6 Å². The van der Waals surface area contributed by atoms with E-state index in [-0.39, 0.29) is 0 Å². The van der Waals surface area contributed by atoms with E-state index in [9.17, 15) is 0 Å². The van der Waals surface area contributed by atoms with E-state index in [1.165, 1.54) is 11.8 Å². The molecule has 18 heavy (non-hydrogen) atoms. The van der Waals surface area contributed by atoms with Crippen LogP contribution in [0.3, 0.4) is 0 Å². The smallest absolute Gasteiger partial charge is 0.214 e. The highest BCUT2D eigenvalue weighted by Crippen LogP contribution is 2.28. The fourth-order valence-corrected chi connectivity index (χ4v) is 2.28. The highest BCUT2D eigenvalue weighted by atomic mass is 32.2. The van der Waals surface area contributed by atoms with E-state index in [2.05, 4.69) is 34.0 Å². The van der Waals surface area contributed by atoms with Gasteiger partial charge in [0.1, 0.15) is 0 Å². The molecule has 0 aliphatic heterocycles. The van der Waals surface area contributed by atoms with Gasteiger partial charge >= 0.3 is 0 Å². The number of nitrogen functional groups attached to an aromatic ring is 1. The fraction of sp³-hybridized carbons (Fsp3) is 0.333. The Morgan fingerprint density at radius 1 is 1.17 bits per heavy atom. The maximum atomic E-state index is 5.84. The van der Waals surface area contributed by atoms with E-state index in [1.54, 1.807) is 12.4 Å². The van der Waals surface area contributed by atoms with Crippen molar-refractivity contribution in [2.45, 2.75) is 36.7 Å². The van der Waals surface area contributed by atoms with Crippen molar-refractivity contribution in [2.75, 3.05) is 5.73 Å². The first kappa shape index (κ1) is 12.8. The Labute approximate surface area is 110 Å². The number of anilines is 1. The number of aromatic nitrogens is 4. The Bertz CT molecular complexity index is 544. The molecule has 0 spiro atoms. The number of hydrogen-bond acceptors (Lipinski definition) is 6. The summed E-state index contributed by atoms with van der Waals surface area (Å²) in [6.07, 6.45) is 5.04. The van der Waals surface area contributed by atoms with Crippen molar-refractivity contribution in [2.24, 2.45) is 0 Å². The predicted molar refractivity (Wildman–Crippen MR) is 71.4 cm³/mol. The Kier molecular flexibility index (Phi) is 4.09. The standard InChI is InChI=1S/C12H15N5S/c1-3-9-10(4-2)16-17-12(15-9)18-11-5-6-14-7-8(11)13/h5-7H,3-4,13H2,1-2H3. The van der Waals surface area contributed by atoms with E-state index >= 15 is 0 Å². The second kappa shape index (κ2) is 5.77. The molecule has 2 N–H and O–H groups in total. The van der Waals surface area contributed by atoms with Gasteiger partial charge in [0.05, 0.1) is 23.3 Å². The van der Waals surface area contributed by atoms with Gasteiger partial charge in [0, 0.05) is 11.1 Å². The lowest BCUT2D eigenvalue weighted by Gasteiger charge is -2.06. The van der Waals surface area contributed by atoms with E-state index in [0.717, 1.165) is 29.1 Å². The van der Waals surface area contributed by atoms with Gasteiger partial charge in [0.2, 0.25) is 5.16 Å². The molecule has 5 nitrogen and oxygen atoms in total. The van der Waals surface area contributed by atoms with Gasteiger partial charge in [-0.25, -0.2) is 4.98 Å². The normalized spacial score (nSPS) is 10.6. The summed E-state index contributed by atoms with van der Waals surface area (Å²) in [6, 6.07) is 1.85. The van der Waals surface area contributed by atoms with Crippen LogP contribution >= 0.6 is 11.8 Å². The van der Waals surface area contributed by atoms with Gasteiger partial charge in [0.15, 0.2) is 0 Å². The first-order chi connectivity index (χ1) is 8.74. The minimum atomic E-state index is 0.627. The van der Waals surface area contributed by atoms with Crippen LogP contribution in [0.15, 0.2) is 28.5 Å². The zero-order chi connectivity index (χ0) is 13.0. The average molecular weight is 261 g/mol. The average Bonchev–Trinajstić information content (AvgIpc) is 2.41. The van der Waals surface area contributed by atoms with Crippen LogP contribution in [0, 0.1) is 0 Å². The van der Waals surface area contributed by atoms with E-state index in [1.807, 2.05) is 6.07 Å². The number of nitrogens with zero attached hydrogens (tertiary/aromatic N) is 4. The molecule has 94 valence electrons. The van der Waals surface area contributed by atoms with E-state index in [4.69, 9.17) is 5.73 Å². The minimum Gasteiger partial charge on any atom is -0.397 e. The van der Waals surface area contributed by atoms with Crippen molar-refractivity contribution >= 4 is 17.4 Å². The van der Waals surface area contributed by atoms with Gasteiger partial charge in [-0.15, -0.1) is 5.10 Å². The number of aryl methyl sites for hydroxylation is 2. The van der Waals surface area contributed by atoms with Crippen molar-refractivity contribution in [3.8, 4) is 0 Å². The molecular weight excluding hydrogens is 246 g/mol. The zero-order valence-corrected chi connectivity index (χ0v) is 11.2. The predicted octanol–water partition coefficient (Wildman–Crippen LogP) is 2.12. The highest BCUT2D eigenvalue weighted by molar-refractivity contribution is 7.99. The third-order valence-electron chi connectivity index (χ3n) is 2.50. The summed E-state index contributed by atoms with van der Waals surface area (Å²) >= 11 is 1.41. The lowest BCUT2D eigenvalue weighted by molar-refractivity contribution is 0.745. The molecule has 2 rings (SSSR count). The summed E-state index contributed by atoms with van der Waals surface area (Å²) in [5, 5.41) is 8.95. The van der Waals surface area contributed by atoms with Crippen LogP contribution in [-0.4, -0.2) is 20.2 Å². The molecule has 0 atom stereocenters. The largest absolute Gasteiger partial charge is 0.397 e. The third kappa shape index (κ3) is 2.76. The van der Waals surface area contributed by atoms with Crippen LogP contribution in [0.25, 0.3) is 0 Å². The van der Waals surface area contributed by atoms with Crippen molar-refractivity contribution in [3.63, 3.8) is 0 Å². The highest BCUT2D eigenvalue weighted by Gasteiger charge is 2.09. The lowest BCUT2D eigenvalue weighted by Crippen LogP contribution is -2.03. The molecule has 0 saturated heterocycles. The minimum absolute atomic E-state index is 0.627. The van der Waals surface area contributed by atoms with Gasteiger partial charge < -0.3 is 5.73 Å². The molecule has 2 aromatic heterocycles. The van der Waals surface area contributed by atoms with Crippen LogP contribution in [0.1, 0.15) is 25.2 Å². The molecule has 0 amide bonds. The maximum absolute atomic E-state index is 5.84. The van der Waals surface area contributed by atoms with Gasteiger partial charge in [-0.3, -0.25) is 4.98 Å². The molecule has 0 aromatic carbocycles. The van der Waals surface area contributed by atoms with Crippen LogP contribution < -0.4 is 5.73 Å². The molecule has 0 fully saturated rings. The summed E-state index contributed by atoms with van der Waals surface area (Å²) in [7, 11) is 0. The quantitative estimate of drug-likeness (QED) is 0.908. The number of nitrogens with two attached hydrogens (primary N) is 1. The zero-order valence-electron chi connectivity index (χ0n) is 10.4. The van der Waals surface area contributed by atoms with Crippen LogP contribution in [0.5, 0.6) is 0 Å². The van der Waals surface area contributed by atoms with E-state index in [0.29, 0.717) is 10.8 Å². The molecule has 0 aliphatic rings. The Balaban J connectivity index is 2.27. The molecule has 2 aromatic rings. The van der Waals surface area contributed by atoms with E-state index < -0.39 is 0 Å². The van der Waals surface area contributed by atoms with Gasteiger partial charge in [-0.1, -0.05) is 13.8 Å². The summed E-state index contributed by atoms with van der Waals surface area (Å²) in [5.41, 5.74) is 8.43. The third-order valence-corrected chi connectivity index (χ3v) is 3.45. The molecule has 6 heteroatoms. The molecule has 0 unspecified atom stereocenters. The maximum Gasteiger partial charge on any atom is 0.214 e. The van der Waals surface area contributed by atoms with Crippen molar-refractivity contribution in [1.82, 2.24) is 20.2 Å². The summed E-state index contributed by atoms with van der Waals surface area (Å²) < 4.78 is 0. The van der Waals surface area contributed by atoms with Gasteiger partial charge in [-0.2, -0.15) is 5.10 Å². The molecular formula is C12H15N5S. The fourth-order valence-electron chi connectivity index (χ4n) is 1.55. The monoisotopic (exact) mass is 261 g/mol. The molecule has 0 aliphatic carbocycles. The lowest BCUT2D eigenvalue weighted by atomic mass is 10.2. The Morgan fingerprint density at radius 3 is 2.61 bits per heavy atom. The van der Waals surface area contributed by atoms with Gasteiger partial charge in [0.25, 0.3) is 0 Å². The van der Waals surface area contributed by atoms with Crippen LogP contribution in [0.2, 0.25) is 0 Å². The second-order valence-electron chi connectivity index (χ2n) is 3.71. The SMILES string of the molecule is CCc1nnc(Sc2ccncc2N)nc1CC. The summed E-state index contributed by atoms with van der Waals surface area (Å²) in [4.78, 5) is 9.37. The van der Waals surface area contributed by atoms with Crippen molar-refractivity contribution < 1.29 is 0 Å². The van der Waals surface area contributed by atoms with Crippen molar-refractivity contribution in [1.29, 1.82) is 0 Å². The number of pyridine rings is 1. The Hall–Kier alpha value is -1.69. The summed E-state index contributed by atoms with van der Waals surface area (Å²) in [6.45, 7) is 4.12. The summed E-state index contributed by atoms with van der Waals surface area (Å²) in [5.74, 6) is 0.